The molecule has 0 saturated heterocycles. The van der Waals surface area contributed by atoms with Gasteiger partial charge in [0.05, 0.1) is 0 Å². The maximum absolute atomic E-state index is 4.33. The van der Waals surface area contributed by atoms with Crippen molar-refractivity contribution in [2.75, 3.05) is 20.6 Å². The molecule has 1 heterocycles. The van der Waals surface area contributed by atoms with Crippen molar-refractivity contribution >= 4 is 17.3 Å². The van der Waals surface area contributed by atoms with E-state index in [9.17, 15) is 0 Å². The molecular formula is C13H21N3S. The van der Waals surface area contributed by atoms with Gasteiger partial charge in [-0.05, 0) is 41.1 Å². The third-order valence-electron chi connectivity index (χ3n) is 3.36. The summed E-state index contributed by atoms with van der Waals surface area (Å²) >= 11 is 1.74. The first-order valence-electron chi connectivity index (χ1n) is 6.22. The zero-order valence-corrected chi connectivity index (χ0v) is 11.5. The minimum absolute atomic E-state index is 0.866. The number of hydrogen-bond acceptors (Lipinski definition) is 2. The summed E-state index contributed by atoms with van der Waals surface area (Å²) in [5.41, 5.74) is 1.33. The highest BCUT2D eigenvalue weighted by atomic mass is 32.1. The molecule has 0 radical (unpaired) electrons. The summed E-state index contributed by atoms with van der Waals surface area (Å²) in [5.74, 6) is 1.88. The Morgan fingerprint density at radius 1 is 1.59 bits per heavy atom. The fraction of sp³-hybridized carbons (Fsp3) is 0.615. The Morgan fingerprint density at radius 2 is 2.41 bits per heavy atom. The van der Waals surface area contributed by atoms with E-state index in [2.05, 4.69) is 39.1 Å². The Labute approximate surface area is 108 Å². The van der Waals surface area contributed by atoms with Crippen molar-refractivity contribution in [2.45, 2.75) is 25.8 Å². The molecule has 0 spiro atoms. The molecule has 17 heavy (non-hydrogen) atoms. The standard InChI is InChI=1S/C13H21N3S/c1-14-13(15-8-12-6-7-17-10-12)16(2)9-11-4-3-5-11/h6-7,10-11H,3-5,8-9H2,1-2H3,(H,14,15). The highest BCUT2D eigenvalue weighted by Crippen LogP contribution is 2.26. The smallest absolute Gasteiger partial charge is 0.193 e. The summed E-state index contributed by atoms with van der Waals surface area (Å²) in [5, 5.41) is 7.69. The van der Waals surface area contributed by atoms with E-state index >= 15 is 0 Å². The minimum atomic E-state index is 0.866. The van der Waals surface area contributed by atoms with Crippen molar-refractivity contribution in [3.63, 3.8) is 0 Å². The molecule has 1 saturated carbocycles. The van der Waals surface area contributed by atoms with Crippen molar-refractivity contribution in [3.8, 4) is 0 Å². The van der Waals surface area contributed by atoms with Crippen LogP contribution in [0.3, 0.4) is 0 Å². The van der Waals surface area contributed by atoms with Crippen LogP contribution in [0.4, 0.5) is 0 Å². The van der Waals surface area contributed by atoms with Gasteiger partial charge >= 0.3 is 0 Å². The minimum Gasteiger partial charge on any atom is -0.352 e. The molecular weight excluding hydrogens is 230 g/mol. The monoisotopic (exact) mass is 251 g/mol. The van der Waals surface area contributed by atoms with Gasteiger partial charge < -0.3 is 10.2 Å². The molecule has 94 valence electrons. The van der Waals surface area contributed by atoms with E-state index in [1.165, 1.54) is 24.8 Å². The van der Waals surface area contributed by atoms with Crippen LogP contribution in [0.2, 0.25) is 0 Å². The molecule has 1 fully saturated rings. The lowest BCUT2D eigenvalue weighted by Crippen LogP contribution is -2.42. The second kappa shape index (κ2) is 6.05. The van der Waals surface area contributed by atoms with Gasteiger partial charge in [-0.15, -0.1) is 0 Å². The number of thiophene rings is 1. The summed E-state index contributed by atoms with van der Waals surface area (Å²) in [4.78, 5) is 6.58. The third-order valence-corrected chi connectivity index (χ3v) is 4.09. The van der Waals surface area contributed by atoms with Gasteiger partial charge in [0.25, 0.3) is 0 Å². The van der Waals surface area contributed by atoms with Gasteiger partial charge in [-0.25, -0.2) is 0 Å². The van der Waals surface area contributed by atoms with Crippen LogP contribution < -0.4 is 5.32 Å². The van der Waals surface area contributed by atoms with E-state index in [0.717, 1.165) is 25.0 Å². The van der Waals surface area contributed by atoms with Gasteiger partial charge in [0, 0.05) is 27.2 Å². The fourth-order valence-electron chi connectivity index (χ4n) is 2.11. The van der Waals surface area contributed by atoms with E-state index in [0.29, 0.717) is 0 Å². The van der Waals surface area contributed by atoms with E-state index in [1.54, 1.807) is 11.3 Å². The second-order valence-corrected chi connectivity index (χ2v) is 5.49. The Morgan fingerprint density at radius 3 is 2.94 bits per heavy atom. The second-order valence-electron chi connectivity index (χ2n) is 4.71. The summed E-state index contributed by atoms with van der Waals surface area (Å²) in [7, 11) is 3.98. The lowest BCUT2D eigenvalue weighted by molar-refractivity contribution is 0.255. The Balaban J connectivity index is 1.79. The van der Waals surface area contributed by atoms with Gasteiger partial charge in [0.2, 0.25) is 0 Å². The highest BCUT2D eigenvalue weighted by Gasteiger charge is 2.20. The zero-order chi connectivity index (χ0) is 12.1. The van der Waals surface area contributed by atoms with Crippen molar-refractivity contribution in [2.24, 2.45) is 10.9 Å². The molecule has 2 rings (SSSR count). The van der Waals surface area contributed by atoms with Crippen LogP contribution >= 0.6 is 11.3 Å². The number of rotatable bonds is 4. The SMILES string of the molecule is CN=C(NCc1ccsc1)N(C)CC1CCC1. The van der Waals surface area contributed by atoms with Crippen molar-refractivity contribution in [1.82, 2.24) is 10.2 Å². The predicted octanol–water partition coefficient (Wildman–Crippen LogP) is 2.56. The average molecular weight is 251 g/mol. The summed E-state index contributed by atoms with van der Waals surface area (Å²) in [6.07, 6.45) is 4.16. The Kier molecular flexibility index (Phi) is 4.42. The number of hydrogen-bond donors (Lipinski definition) is 1. The van der Waals surface area contributed by atoms with Crippen LogP contribution in [-0.2, 0) is 6.54 Å². The Hall–Kier alpha value is -1.03. The molecule has 4 heteroatoms. The lowest BCUT2D eigenvalue weighted by Gasteiger charge is -2.31. The number of nitrogens with zero attached hydrogens (tertiary/aromatic N) is 2. The molecule has 1 N–H and O–H groups in total. The third kappa shape index (κ3) is 3.46. The number of guanidine groups is 1. The molecule has 0 aromatic carbocycles. The molecule has 0 amide bonds. The van der Waals surface area contributed by atoms with Crippen LogP contribution in [0.1, 0.15) is 24.8 Å². The molecule has 3 nitrogen and oxygen atoms in total. The molecule has 0 bridgehead atoms. The van der Waals surface area contributed by atoms with E-state index in [4.69, 9.17) is 0 Å². The summed E-state index contributed by atoms with van der Waals surface area (Å²) in [6.45, 7) is 1.99. The normalized spacial score (nSPS) is 16.7. The van der Waals surface area contributed by atoms with E-state index in [1.807, 2.05) is 7.05 Å². The number of aliphatic imine (C=N–C) groups is 1. The van der Waals surface area contributed by atoms with Gasteiger partial charge in [-0.2, -0.15) is 11.3 Å². The van der Waals surface area contributed by atoms with Crippen LogP contribution in [0.15, 0.2) is 21.8 Å². The highest BCUT2D eigenvalue weighted by molar-refractivity contribution is 7.07. The lowest BCUT2D eigenvalue weighted by atomic mass is 9.85. The van der Waals surface area contributed by atoms with Crippen LogP contribution in [-0.4, -0.2) is 31.5 Å². The molecule has 0 aliphatic heterocycles. The fourth-order valence-corrected chi connectivity index (χ4v) is 2.78. The molecule has 1 aliphatic rings. The summed E-state index contributed by atoms with van der Waals surface area (Å²) < 4.78 is 0. The first kappa shape index (κ1) is 12.4. The first-order valence-corrected chi connectivity index (χ1v) is 7.16. The molecule has 1 aromatic rings. The average Bonchev–Trinajstić information content (AvgIpc) is 2.77. The molecule has 0 atom stereocenters. The maximum atomic E-state index is 4.33. The number of nitrogens with one attached hydrogen (secondary N) is 1. The zero-order valence-electron chi connectivity index (χ0n) is 10.6. The molecule has 1 aromatic heterocycles. The molecule has 1 aliphatic carbocycles. The van der Waals surface area contributed by atoms with Gasteiger partial charge in [-0.3, -0.25) is 4.99 Å². The van der Waals surface area contributed by atoms with E-state index in [-0.39, 0.29) is 0 Å². The van der Waals surface area contributed by atoms with Crippen molar-refractivity contribution in [3.05, 3.63) is 22.4 Å². The van der Waals surface area contributed by atoms with Gasteiger partial charge in [0.1, 0.15) is 0 Å². The van der Waals surface area contributed by atoms with Gasteiger partial charge in [-0.1, -0.05) is 6.42 Å². The summed E-state index contributed by atoms with van der Waals surface area (Å²) in [6, 6.07) is 2.15. The molecule has 0 unspecified atom stereocenters. The van der Waals surface area contributed by atoms with Crippen LogP contribution in [0.5, 0.6) is 0 Å². The topological polar surface area (TPSA) is 27.6 Å². The quantitative estimate of drug-likeness (QED) is 0.658. The largest absolute Gasteiger partial charge is 0.352 e. The predicted molar refractivity (Wildman–Crippen MR) is 74.5 cm³/mol. The Bertz CT molecular complexity index is 355. The maximum Gasteiger partial charge on any atom is 0.193 e. The first-order chi connectivity index (χ1) is 8.29. The van der Waals surface area contributed by atoms with Crippen molar-refractivity contribution in [1.29, 1.82) is 0 Å². The van der Waals surface area contributed by atoms with Crippen LogP contribution in [0, 0.1) is 5.92 Å². The van der Waals surface area contributed by atoms with Gasteiger partial charge in [0.15, 0.2) is 5.96 Å². The van der Waals surface area contributed by atoms with Crippen LogP contribution in [0.25, 0.3) is 0 Å². The van der Waals surface area contributed by atoms with Crippen molar-refractivity contribution < 1.29 is 0 Å². The van der Waals surface area contributed by atoms with E-state index < -0.39 is 0 Å².